The van der Waals surface area contributed by atoms with Crippen LogP contribution in [0.4, 0.5) is 5.69 Å². The van der Waals surface area contributed by atoms with E-state index in [0.29, 0.717) is 16.6 Å². The molecule has 19 heavy (non-hydrogen) atoms. The zero-order valence-electron chi connectivity index (χ0n) is 9.51. The van der Waals surface area contributed by atoms with Gasteiger partial charge in [0, 0.05) is 17.3 Å². The molecule has 0 aliphatic heterocycles. The van der Waals surface area contributed by atoms with E-state index in [0.717, 1.165) is 0 Å². The molecule has 7 heteroatoms. The smallest absolute Gasteiger partial charge is 0.337 e. The molecule has 0 spiro atoms. The molecular weight excluding hydrogens is 246 g/mol. The van der Waals surface area contributed by atoms with Crippen LogP contribution in [0.25, 0.3) is 10.9 Å². The second-order valence-corrected chi connectivity index (χ2v) is 3.59. The Balaban J connectivity index is 2.46. The molecule has 0 aliphatic rings. The van der Waals surface area contributed by atoms with Crippen molar-refractivity contribution in [3.05, 3.63) is 35.7 Å². The first-order chi connectivity index (χ1) is 9.15. The van der Waals surface area contributed by atoms with E-state index in [1.54, 1.807) is 18.2 Å². The first-order valence-electron chi connectivity index (χ1n) is 5.13. The maximum atomic E-state index is 11.1. The number of nitrogens with zero attached hydrogens (tertiary/aromatic N) is 3. The number of aromatic nitrogens is 2. The first kappa shape index (κ1) is 12.1. The maximum Gasteiger partial charge on any atom is 0.337 e. The lowest BCUT2D eigenvalue weighted by molar-refractivity contribution is 0.0699. The lowest BCUT2D eigenvalue weighted by atomic mass is 10.1. The third kappa shape index (κ3) is 2.35. The van der Waals surface area contributed by atoms with E-state index in [1.165, 1.54) is 18.5 Å². The molecule has 1 heterocycles. The van der Waals surface area contributed by atoms with Crippen LogP contribution in [0.5, 0.6) is 0 Å². The van der Waals surface area contributed by atoms with Crippen LogP contribution in [-0.4, -0.2) is 21.3 Å². The van der Waals surface area contributed by atoms with E-state index in [4.69, 9.17) is 15.6 Å². The third-order valence-corrected chi connectivity index (χ3v) is 2.40. The first-order valence-corrected chi connectivity index (χ1v) is 5.13. The standard InChI is InChI=1S/C12H7N5O2/c13-3-7(4-14)5-15-9-1-8-6-16-17-11(8)10(2-9)12(18)19/h1-2,5-6,15H,(H,16,17)(H,18,19). The lowest BCUT2D eigenvalue weighted by Gasteiger charge is -2.03. The Bertz CT molecular complexity index is 744. The van der Waals surface area contributed by atoms with Gasteiger partial charge in [-0.15, -0.1) is 0 Å². The highest BCUT2D eigenvalue weighted by molar-refractivity contribution is 6.03. The summed E-state index contributed by atoms with van der Waals surface area (Å²) < 4.78 is 0. The van der Waals surface area contributed by atoms with E-state index >= 15 is 0 Å². The van der Waals surface area contributed by atoms with E-state index in [1.807, 2.05) is 0 Å². The molecule has 0 amide bonds. The van der Waals surface area contributed by atoms with E-state index in [-0.39, 0.29) is 11.1 Å². The number of fused-ring (bicyclic) bond motifs is 1. The molecule has 0 fully saturated rings. The Morgan fingerprint density at radius 2 is 2.16 bits per heavy atom. The van der Waals surface area contributed by atoms with Gasteiger partial charge in [-0.2, -0.15) is 15.6 Å². The molecule has 0 bridgehead atoms. The molecule has 2 aromatic rings. The summed E-state index contributed by atoms with van der Waals surface area (Å²) in [7, 11) is 0. The van der Waals surface area contributed by atoms with Crippen LogP contribution < -0.4 is 5.32 Å². The van der Waals surface area contributed by atoms with Gasteiger partial charge in [-0.3, -0.25) is 5.10 Å². The fraction of sp³-hybridized carbons (Fsp3) is 0. The number of rotatable bonds is 3. The summed E-state index contributed by atoms with van der Waals surface area (Å²) in [6.07, 6.45) is 2.71. The van der Waals surface area contributed by atoms with Gasteiger partial charge in [-0.1, -0.05) is 0 Å². The normalized spacial score (nSPS) is 9.37. The number of carboxylic acid groups (broad SMARTS) is 1. The van der Waals surface area contributed by atoms with Crippen LogP contribution in [0.3, 0.4) is 0 Å². The van der Waals surface area contributed by atoms with Crippen molar-refractivity contribution in [2.45, 2.75) is 0 Å². The fourth-order valence-corrected chi connectivity index (χ4v) is 1.55. The monoisotopic (exact) mass is 253 g/mol. The molecule has 92 valence electrons. The number of hydrogen-bond acceptors (Lipinski definition) is 5. The summed E-state index contributed by atoms with van der Waals surface area (Å²) in [5.74, 6) is -1.09. The highest BCUT2D eigenvalue weighted by Crippen LogP contribution is 2.22. The fourth-order valence-electron chi connectivity index (χ4n) is 1.55. The van der Waals surface area contributed by atoms with Crippen LogP contribution in [-0.2, 0) is 0 Å². The summed E-state index contributed by atoms with van der Waals surface area (Å²) in [4.78, 5) is 11.1. The Labute approximate surface area is 107 Å². The van der Waals surface area contributed by atoms with Crippen molar-refractivity contribution in [2.75, 3.05) is 5.32 Å². The van der Waals surface area contributed by atoms with Crippen LogP contribution in [0.1, 0.15) is 10.4 Å². The highest BCUT2D eigenvalue weighted by atomic mass is 16.4. The lowest BCUT2D eigenvalue weighted by Crippen LogP contribution is -1.99. The molecule has 7 nitrogen and oxygen atoms in total. The van der Waals surface area contributed by atoms with Gasteiger partial charge in [0.15, 0.2) is 0 Å². The predicted octanol–water partition coefficient (Wildman–Crippen LogP) is 1.60. The van der Waals surface area contributed by atoms with Gasteiger partial charge in [-0.25, -0.2) is 4.79 Å². The molecule has 0 unspecified atom stereocenters. The van der Waals surface area contributed by atoms with Gasteiger partial charge >= 0.3 is 5.97 Å². The van der Waals surface area contributed by atoms with E-state index in [2.05, 4.69) is 15.5 Å². The zero-order chi connectivity index (χ0) is 13.8. The maximum absolute atomic E-state index is 11.1. The van der Waals surface area contributed by atoms with Crippen LogP contribution in [0.15, 0.2) is 30.1 Å². The largest absolute Gasteiger partial charge is 0.478 e. The van der Waals surface area contributed by atoms with Crippen molar-refractivity contribution >= 4 is 22.6 Å². The number of nitrogens with one attached hydrogen (secondary N) is 2. The minimum atomic E-state index is -1.09. The molecule has 0 radical (unpaired) electrons. The summed E-state index contributed by atoms with van der Waals surface area (Å²) in [6, 6.07) is 6.44. The van der Waals surface area contributed by atoms with Gasteiger partial charge < -0.3 is 10.4 Å². The average Bonchev–Trinajstić information content (AvgIpc) is 2.86. The number of aromatic carboxylic acids is 1. The van der Waals surface area contributed by atoms with Crippen LogP contribution in [0.2, 0.25) is 0 Å². The third-order valence-electron chi connectivity index (χ3n) is 2.40. The Kier molecular flexibility index (Phi) is 3.13. The number of aromatic amines is 1. The van der Waals surface area contributed by atoms with Crippen molar-refractivity contribution in [1.82, 2.24) is 10.2 Å². The van der Waals surface area contributed by atoms with Crippen LogP contribution >= 0.6 is 0 Å². The zero-order valence-corrected chi connectivity index (χ0v) is 9.51. The van der Waals surface area contributed by atoms with Crippen molar-refractivity contribution in [3.63, 3.8) is 0 Å². The van der Waals surface area contributed by atoms with Crippen molar-refractivity contribution in [2.24, 2.45) is 0 Å². The molecular formula is C12H7N5O2. The highest BCUT2D eigenvalue weighted by Gasteiger charge is 2.11. The molecule has 3 N–H and O–H groups in total. The molecule has 2 rings (SSSR count). The van der Waals surface area contributed by atoms with E-state index in [9.17, 15) is 4.79 Å². The summed E-state index contributed by atoms with van der Waals surface area (Å²) in [5.41, 5.74) is 0.822. The number of H-pyrrole nitrogens is 1. The summed E-state index contributed by atoms with van der Waals surface area (Å²) >= 11 is 0. The second-order valence-electron chi connectivity index (χ2n) is 3.59. The number of carboxylic acids is 1. The van der Waals surface area contributed by atoms with Crippen molar-refractivity contribution < 1.29 is 9.90 Å². The molecule has 0 saturated heterocycles. The quantitative estimate of drug-likeness (QED) is 0.713. The summed E-state index contributed by atoms with van der Waals surface area (Å²) in [5, 5.41) is 36.0. The van der Waals surface area contributed by atoms with Crippen molar-refractivity contribution in [3.8, 4) is 12.1 Å². The number of nitriles is 2. The SMILES string of the molecule is N#CC(C#N)=CNc1cc(C(=O)O)c2[nH]ncc2c1. The van der Waals surface area contributed by atoms with Gasteiger partial charge in [0.05, 0.1) is 17.3 Å². The number of hydrogen-bond donors (Lipinski definition) is 3. The van der Waals surface area contributed by atoms with Gasteiger partial charge in [0.2, 0.25) is 0 Å². The second kappa shape index (κ2) is 4.90. The average molecular weight is 253 g/mol. The Morgan fingerprint density at radius 3 is 2.79 bits per heavy atom. The number of benzene rings is 1. The predicted molar refractivity (Wildman–Crippen MR) is 66.0 cm³/mol. The molecule has 0 saturated carbocycles. The van der Waals surface area contributed by atoms with Crippen molar-refractivity contribution in [1.29, 1.82) is 10.5 Å². The Morgan fingerprint density at radius 1 is 1.42 bits per heavy atom. The molecule has 1 aromatic heterocycles. The van der Waals surface area contributed by atoms with Gasteiger partial charge in [0.1, 0.15) is 17.7 Å². The number of carbonyl (C=O) groups is 1. The van der Waals surface area contributed by atoms with E-state index < -0.39 is 5.97 Å². The van der Waals surface area contributed by atoms with Gasteiger partial charge in [0.25, 0.3) is 0 Å². The van der Waals surface area contributed by atoms with Gasteiger partial charge in [-0.05, 0) is 12.1 Å². The number of allylic oxidation sites excluding steroid dienone is 1. The summed E-state index contributed by atoms with van der Waals surface area (Å²) in [6.45, 7) is 0. The molecule has 0 aliphatic carbocycles. The Hall–Kier alpha value is -3.32. The topological polar surface area (TPSA) is 126 Å². The minimum Gasteiger partial charge on any atom is -0.478 e. The van der Waals surface area contributed by atoms with Crippen LogP contribution in [0, 0.1) is 22.7 Å². The number of anilines is 1. The molecule has 0 atom stereocenters. The minimum absolute atomic E-state index is 0.0568. The molecule has 1 aromatic carbocycles.